The van der Waals surface area contributed by atoms with Crippen LogP contribution in [0.1, 0.15) is 5.69 Å². The number of hydrogen-bond acceptors (Lipinski definition) is 5. The van der Waals surface area contributed by atoms with Crippen molar-refractivity contribution in [2.24, 2.45) is 0 Å². The molecule has 0 aliphatic carbocycles. The molecule has 0 aromatic carbocycles. The van der Waals surface area contributed by atoms with Crippen LogP contribution in [0.5, 0.6) is 11.6 Å². The summed E-state index contributed by atoms with van der Waals surface area (Å²) in [5.74, 6) is 1.15. The Hall–Kier alpha value is -1.63. The predicted octanol–water partition coefficient (Wildman–Crippen LogP) is 2.96. The van der Waals surface area contributed by atoms with Crippen LogP contribution in [-0.4, -0.2) is 21.4 Å². The van der Waals surface area contributed by atoms with Gasteiger partial charge in [0.1, 0.15) is 11.4 Å². The van der Waals surface area contributed by atoms with Crippen LogP contribution in [-0.2, 0) is 6.54 Å². The largest absolute Gasteiger partial charge is 0.435 e. The molecule has 0 fully saturated rings. The van der Waals surface area contributed by atoms with E-state index in [0.29, 0.717) is 23.2 Å². The van der Waals surface area contributed by atoms with E-state index in [1.807, 2.05) is 23.0 Å². The molecule has 3 aromatic rings. The molecule has 1 N–H and O–H groups in total. The Morgan fingerprint density at radius 3 is 3.16 bits per heavy atom. The number of thiazole rings is 1. The van der Waals surface area contributed by atoms with E-state index >= 15 is 0 Å². The van der Waals surface area contributed by atoms with Crippen LogP contribution in [0.15, 0.2) is 30.0 Å². The molecular weight excluding hydrogens is 284 g/mol. The van der Waals surface area contributed by atoms with Crippen molar-refractivity contribution in [2.75, 3.05) is 7.05 Å². The molecule has 0 saturated carbocycles. The average Bonchev–Trinajstić information content (AvgIpc) is 2.93. The molecule has 0 aliphatic rings. The van der Waals surface area contributed by atoms with Gasteiger partial charge in [0, 0.05) is 30.4 Å². The molecule has 0 aliphatic heterocycles. The summed E-state index contributed by atoms with van der Waals surface area (Å²) in [4.78, 5) is 9.36. The van der Waals surface area contributed by atoms with Crippen LogP contribution in [0.2, 0.25) is 5.02 Å². The summed E-state index contributed by atoms with van der Waals surface area (Å²) in [6, 6.07) is 1.71. The van der Waals surface area contributed by atoms with Crippen molar-refractivity contribution in [3.05, 3.63) is 40.8 Å². The Kier molecular flexibility index (Phi) is 3.37. The van der Waals surface area contributed by atoms with Crippen molar-refractivity contribution in [1.82, 2.24) is 19.7 Å². The fourth-order valence-electron chi connectivity index (χ4n) is 1.78. The van der Waals surface area contributed by atoms with Gasteiger partial charge >= 0.3 is 0 Å². The number of rotatable bonds is 4. The molecule has 3 rings (SSSR count). The summed E-state index contributed by atoms with van der Waals surface area (Å²) in [5.41, 5.74) is 0.971. The number of nitrogens with one attached hydrogen (secondary N) is 1. The molecule has 0 radical (unpaired) electrons. The van der Waals surface area contributed by atoms with Gasteiger partial charge in [0.25, 0.3) is 0 Å². The van der Waals surface area contributed by atoms with Crippen LogP contribution in [0.3, 0.4) is 0 Å². The van der Waals surface area contributed by atoms with Crippen molar-refractivity contribution >= 4 is 27.9 Å². The van der Waals surface area contributed by atoms with Crippen LogP contribution >= 0.6 is 22.9 Å². The second-order valence-corrected chi connectivity index (χ2v) is 5.20. The molecule has 98 valence electrons. The highest BCUT2D eigenvalue weighted by Gasteiger charge is 2.14. The summed E-state index contributed by atoms with van der Waals surface area (Å²) in [5, 5.41) is 5.64. The standard InChI is InChI=1S/C12H11ClN4OS/c1-14-7-10-11(16-12-17(10)2-3-19-12)18-9-4-8(13)5-15-6-9/h2-6,14H,7H2,1H3. The molecule has 0 spiro atoms. The Balaban J connectivity index is 1.99. The molecule has 5 nitrogen and oxygen atoms in total. The lowest BCUT2D eigenvalue weighted by Crippen LogP contribution is -2.08. The highest BCUT2D eigenvalue weighted by atomic mass is 35.5. The normalized spacial score (nSPS) is 11.1. The summed E-state index contributed by atoms with van der Waals surface area (Å²) in [6.07, 6.45) is 5.15. The number of ether oxygens (including phenoxy) is 1. The van der Waals surface area contributed by atoms with Gasteiger partial charge in [-0.15, -0.1) is 11.3 Å². The second kappa shape index (κ2) is 5.16. The van der Waals surface area contributed by atoms with Crippen LogP contribution < -0.4 is 10.1 Å². The van der Waals surface area contributed by atoms with E-state index in [0.717, 1.165) is 10.7 Å². The first kappa shape index (κ1) is 12.4. The molecule has 0 atom stereocenters. The van der Waals surface area contributed by atoms with E-state index in [1.54, 1.807) is 29.8 Å². The number of nitrogens with zero attached hydrogens (tertiary/aromatic N) is 3. The van der Waals surface area contributed by atoms with Gasteiger partial charge in [-0.1, -0.05) is 11.6 Å². The summed E-state index contributed by atoms with van der Waals surface area (Å²) >= 11 is 7.46. The highest BCUT2D eigenvalue weighted by Crippen LogP contribution is 2.28. The van der Waals surface area contributed by atoms with Gasteiger partial charge in [0.05, 0.1) is 11.2 Å². The second-order valence-electron chi connectivity index (χ2n) is 3.89. The van der Waals surface area contributed by atoms with Crippen LogP contribution in [0, 0.1) is 0 Å². The average molecular weight is 295 g/mol. The summed E-state index contributed by atoms with van der Waals surface area (Å²) < 4.78 is 7.78. The predicted molar refractivity (Wildman–Crippen MR) is 75.2 cm³/mol. The summed E-state index contributed by atoms with van der Waals surface area (Å²) in [7, 11) is 1.89. The van der Waals surface area contributed by atoms with E-state index in [4.69, 9.17) is 16.3 Å². The smallest absolute Gasteiger partial charge is 0.243 e. The maximum absolute atomic E-state index is 5.89. The number of hydrogen-bond donors (Lipinski definition) is 1. The minimum atomic E-state index is 0.536. The van der Waals surface area contributed by atoms with E-state index in [1.165, 1.54) is 0 Å². The Bertz CT molecular complexity index is 709. The zero-order chi connectivity index (χ0) is 13.2. The van der Waals surface area contributed by atoms with Crippen LogP contribution in [0.25, 0.3) is 4.96 Å². The van der Waals surface area contributed by atoms with Crippen molar-refractivity contribution in [3.8, 4) is 11.6 Å². The fraction of sp³-hybridized carbons (Fsp3) is 0.167. The monoisotopic (exact) mass is 294 g/mol. The van der Waals surface area contributed by atoms with Gasteiger partial charge < -0.3 is 10.1 Å². The first-order chi connectivity index (χ1) is 9.28. The minimum Gasteiger partial charge on any atom is -0.435 e. The maximum atomic E-state index is 5.89. The van der Waals surface area contributed by atoms with E-state index in [-0.39, 0.29) is 0 Å². The van der Waals surface area contributed by atoms with Gasteiger partial charge in [0.2, 0.25) is 5.88 Å². The quantitative estimate of drug-likeness (QED) is 0.804. The van der Waals surface area contributed by atoms with E-state index < -0.39 is 0 Å². The van der Waals surface area contributed by atoms with Crippen molar-refractivity contribution < 1.29 is 4.74 Å². The molecule has 3 aromatic heterocycles. The first-order valence-electron chi connectivity index (χ1n) is 5.65. The lowest BCUT2D eigenvalue weighted by molar-refractivity contribution is 0.455. The van der Waals surface area contributed by atoms with Gasteiger partial charge in [-0.05, 0) is 7.05 Å². The van der Waals surface area contributed by atoms with Gasteiger partial charge in [-0.3, -0.25) is 9.38 Å². The lowest BCUT2D eigenvalue weighted by Gasteiger charge is -2.05. The molecule has 19 heavy (non-hydrogen) atoms. The zero-order valence-electron chi connectivity index (χ0n) is 10.1. The van der Waals surface area contributed by atoms with Crippen molar-refractivity contribution in [2.45, 2.75) is 6.54 Å². The molecule has 0 amide bonds. The number of fused-ring (bicyclic) bond motifs is 1. The maximum Gasteiger partial charge on any atom is 0.243 e. The highest BCUT2D eigenvalue weighted by molar-refractivity contribution is 7.15. The third kappa shape index (κ3) is 2.42. The molecule has 0 bridgehead atoms. The summed E-state index contributed by atoms with van der Waals surface area (Å²) in [6.45, 7) is 0.668. The topological polar surface area (TPSA) is 51.5 Å². The van der Waals surface area contributed by atoms with Crippen molar-refractivity contribution in [1.29, 1.82) is 0 Å². The Morgan fingerprint density at radius 2 is 2.37 bits per heavy atom. The minimum absolute atomic E-state index is 0.536. The zero-order valence-corrected chi connectivity index (χ0v) is 11.7. The fourth-order valence-corrected chi connectivity index (χ4v) is 2.67. The van der Waals surface area contributed by atoms with E-state index in [9.17, 15) is 0 Å². The SMILES string of the molecule is CNCc1c(Oc2cncc(Cl)c2)nc2sccn12. The number of imidazole rings is 1. The number of halogens is 1. The molecule has 0 saturated heterocycles. The number of pyridine rings is 1. The van der Waals surface area contributed by atoms with Crippen LogP contribution in [0.4, 0.5) is 0 Å². The van der Waals surface area contributed by atoms with Gasteiger partial charge in [0.15, 0.2) is 4.96 Å². The third-order valence-corrected chi connectivity index (χ3v) is 3.53. The lowest BCUT2D eigenvalue weighted by atomic mass is 10.4. The molecule has 7 heteroatoms. The Morgan fingerprint density at radius 1 is 1.47 bits per heavy atom. The first-order valence-corrected chi connectivity index (χ1v) is 6.91. The molecule has 3 heterocycles. The van der Waals surface area contributed by atoms with Crippen molar-refractivity contribution in [3.63, 3.8) is 0 Å². The Labute approximate surface area is 118 Å². The van der Waals surface area contributed by atoms with E-state index in [2.05, 4.69) is 15.3 Å². The molecule has 0 unspecified atom stereocenters. The van der Waals surface area contributed by atoms with Gasteiger partial charge in [-0.2, -0.15) is 4.98 Å². The molecular formula is C12H11ClN4OS. The third-order valence-electron chi connectivity index (χ3n) is 2.56. The number of aromatic nitrogens is 3. The van der Waals surface area contributed by atoms with Gasteiger partial charge in [-0.25, -0.2) is 0 Å².